The van der Waals surface area contributed by atoms with Gasteiger partial charge in [-0.25, -0.2) is 4.79 Å². The number of amides is 2. The summed E-state index contributed by atoms with van der Waals surface area (Å²) in [5, 5.41) is 2.91. The molecule has 20 heavy (non-hydrogen) atoms. The Labute approximate surface area is 120 Å². The number of benzene rings is 2. The molecule has 1 N–H and O–H groups in total. The summed E-state index contributed by atoms with van der Waals surface area (Å²) in [6.07, 6.45) is 0. The van der Waals surface area contributed by atoms with Gasteiger partial charge in [0.1, 0.15) is 0 Å². The minimum Gasteiger partial charge on any atom is -0.323 e. The average molecular weight is 268 g/mol. The summed E-state index contributed by atoms with van der Waals surface area (Å²) in [6, 6.07) is 15.8. The highest BCUT2D eigenvalue weighted by Gasteiger charge is 2.10. The van der Waals surface area contributed by atoms with Crippen LogP contribution in [0.2, 0.25) is 0 Å². The molecule has 0 heterocycles. The highest BCUT2D eigenvalue weighted by molar-refractivity contribution is 5.89. The maximum atomic E-state index is 12.2. The third-order valence-electron chi connectivity index (χ3n) is 3.28. The molecule has 0 unspecified atom stereocenters. The van der Waals surface area contributed by atoms with Crippen molar-refractivity contribution in [3.05, 3.63) is 65.2 Å². The maximum Gasteiger partial charge on any atom is 0.321 e. The molecule has 3 heteroatoms. The third-order valence-corrected chi connectivity index (χ3v) is 3.28. The number of nitrogens with zero attached hydrogens (tertiary/aromatic N) is 1. The molecule has 0 spiro atoms. The number of anilines is 1. The number of carbonyl (C=O) groups is 1. The molecular weight excluding hydrogens is 248 g/mol. The van der Waals surface area contributed by atoms with E-state index in [1.54, 1.807) is 11.9 Å². The minimum atomic E-state index is -0.0983. The van der Waals surface area contributed by atoms with E-state index in [1.807, 2.05) is 49.4 Å². The van der Waals surface area contributed by atoms with E-state index in [0.717, 1.165) is 16.8 Å². The summed E-state index contributed by atoms with van der Waals surface area (Å²) < 4.78 is 0. The topological polar surface area (TPSA) is 32.3 Å². The van der Waals surface area contributed by atoms with Gasteiger partial charge < -0.3 is 10.2 Å². The molecule has 2 aromatic carbocycles. The Morgan fingerprint density at radius 1 is 1.10 bits per heavy atom. The molecule has 0 bridgehead atoms. The van der Waals surface area contributed by atoms with Crippen LogP contribution in [0.5, 0.6) is 0 Å². The lowest BCUT2D eigenvalue weighted by atomic mass is 10.1. The maximum absolute atomic E-state index is 12.2. The Morgan fingerprint density at radius 3 is 2.55 bits per heavy atom. The molecule has 2 amide bonds. The van der Waals surface area contributed by atoms with Gasteiger partial charge in [-0.3, -0.25) is 0 Å². The zero-order valence-electron chi connectivity index (χ0n) is 12.2. The van der Waals surface area contributed by atoms with Crippen molar-refractivity contribution in [3.8, 4) is 0 Å². The van der Waals surface area contributed by atoms with E-state index in [0.29, 0.717) is 6.54 Å². The van der Waals surface area contributed by atoms with Gasteiger partial charge in [-0.1, -0.05) is 36.4 Å². The van der Waals surface area contributed by atoms with E-state index in [1.165, 1.54) is 5.56 Å². The van der Waals surface area contributed by atoms with Gasteiger partial charge in [-0.05, 0) is 42.7 Å². The van der Waals surface area contributed by atoms with E-state index in [9.17, 15) is 4.79 Å². The molecule has 0 aliphatic heterocycles. The molecule has 0 aliphatic carbocycles. The molecule has 104 valence electrons. The van der Waals surface area contributed by atoms with Gasteiger partial charge in [-0.2, -0.15) is 0 Å². The summed E-state index contributed by atoms with van der Waals surface area (Å²) in [5.41, 5.74) is 4.31. The number of hydrogen-bond acceptors (Lipinski definition) is 1. The normalized spacial score (nSPS) is 10.2. The fraction of sp³-hybridized carbons (Fsp3) is 0.235. The lowest BCUT2D eigenvalue weighted by molar-refractivity contribution is 0.220. The number of nitrogens with one attached hydrogen (secondary N) is 1. The van der Waals surface area contributed by atoms with Gasteiger partial charge in [-0.15, -0.1) is 0 Å². The highest BCUT2D eigenvalue weighted by Crippen LogP contribution is 2.13. The molecule has 0 radical (unpaired) electrons. The summed E-state index contributed by atoms with van der Waals surface area (Å²) in [4.78, 5) is 13.8. The molecule has 0 aromatic heterocycles. The number of urea groups is 1. The monoisotopic (exact) mass is 268 g/mol. The molecule has 3 nitrogen and oxygen atoms in total. The third kappa shape index (κ3) is 3.60. The van der Waals surface area contributed by atoms with Crippen LogP contribution in [0.25, 0.3) is 0 Å². The Hall–Kier alpha value is -2.29. The van der Waals surface area contributed by atoms with Crippen molar-refractivity contribution in [2.45, 2.75) is 20.4 Å². The standard InChI is InChI=1S/C17H20N2O/c1-13-7-6-10-16(11-13)18-17(20)19(3)12-15-9-5-4-8-14(15)2/h4-11H,12H2,1-3H3,(H,18,20). The fourth-order valence-corrected chi connectivity index (χ4v) is 2.06. The van der Waals surface area contributed by atoms with Gasteiger partial charge in [0.15, 0.2) is 0 Å². The van der Waals surface area contributed by atoms with Crippen LogP contribution < -0.4 is 5.32 Å². The van der Waals surface area contributed by atoms with E-state index in [-0.39, 0.29) is 6.03 Å². The van der Waals surface area contributed by atoms with Gasteiger partial charge >= 0.3 is 6.03 Å². The van der Waals surface area contributed by atoms with E-state index >= 15 is 0 Å². The lowest BCUT2D eigenvalue weighted by Gasteiger charge is -2.19. The lowest BCUT2D eigenvalue weighted by Crippen LogP contribution is -2.31. The first-order valence-corrected chi connectivity index (χ1v) is 6.69. The molecule has 2 aromatic rings. The Bertz CT molecular complexity index is 607. The first-order chi connectivity index (χ1) is 9.56. The van der Waals surface area contributed by atoms with Gasteiger partial charge in [0.25, 0.3) is 0 Å². The SMILES string of the molecule is Cc1cccc(NC(=O)N(C)Cc2ccccc2C)c1. The second-order valence-electron chi connectivity index (χ2n) is 5.08. The molecule has 0 saturated carbocycles. The van der Waals surface area contributed by atoms with Crippen molar-refractivity contribution in [1.29, 1.82) is 0 Å². The Balaban J connectivity index is 2.01. The predicted octanol–water partition coefficient (Wildman–Crippen LogP) is 3.97. The average Bonchev–Trinajstić information content (AvgIpc) is 2.41. The van der Waals surface area contributed by atoms with Crippen LogP contribution in [-0.4, -0.2) is 18.0 Å². The molecule has 2 rings (SSSR count). The van der Waals surface area contributed by atoms with Crippen molar-refractivity contribution in [3.63, 3.8) is 0 Å². The fourth-order valence-electron chi connectivity index (χ4n) is 2.06. The van der Waals surface area contributed by atoms with Crippen LogP contribution in [0.4, 0.5) is 10.5 Å². The highest BCUT2D eigenvalue weighted by atomic mass is 16.2. The number of rotatable bonds is 3. The number of hydrogen-bond donors (Lipinski definition) is 1. The van der Waals surface area contributed by atoms with Crippen molar-refractivity contribution in [2.24, 2.45) is 0 Å². The van der Waals surface area contributed by atoms with Crippen LogP contribution in [-0.2, 0) is 6.54 Å². The van der Waals surface area contributed by atoms with Crippen LogP contribution in [0, 0.1) is 13.8 Å². The van der Waals surface area contributed by atoms with E-state index < -0.39 is 0 Å². The van der Waals surface area contributed by atoms with Crippen LogP contribution in [0.1, 0.15) is 16.7 Å². The van der Waals surface area contributed by atoms with Crippen LogP contribution in [0.15, 0.2) is 48.5 Å². The summed E-state index contributed by atoms with van der Waals surface area (Å²) >= 11 is 0. The quantitative estimate of drug-likeness (QED) is 0.897. The van der Waals surface area contributed by atoms with Gasteiger partial charge in [0, 0.05) is 19.3 Å². The molecule has 0 saturated heterocycles. The molecule has 0 aliphatic rings. The van der Waals surface area contributed by atoms with Crippen molar-refractivity contribution in [1.82, 2.24) is 4.90 Å². The van der Waals surface area contributed by atoms with E-state index in [2.05, 4.69) is 18.3 Å². The molecule has 0 atom stereocenters. The minimum absolute atomic E-state index is 0.0983. The largest absolute Gasteiger partial charge is 0.323 e. The first-order valence-electron chi connectivity index (χ1n) is 6.69. The zero-order chi connectivity index (χ0) is 14.5. The first kappa shape index (κ1) is 14.1. The Kier molecular flexibility index (Phi) is 4.41. The summed E-state index contributed by atoms with van der Waals surface area (Å²) in [6.45, 7) is 4.67. The molecule has 0 fully saturated rings. The summed E-state index contributed by atoms with van der Waals surface area (Å²) in [7, 11) is 1.80. The number of aryl methyl sites for hydroxylation is 2. The van der Waals surface area contributed by atoms with Gasteiger partial charge in [0.2, 0.25) is 0 Å². The summed E-state index contributed by atoms with van der Waals surface area (Å²) in [5.74, 6) is 0. The van der Waals surface area contributed by atoms with Crippen LogP contribution in [0.3, 0.4) is 0 Å². The van der Waals surface area contributed by atoms with Crippen molar-refractivity contribution >= 4 is 11.7 Å². The van der Waals surface area contributed by atoms with Crippen LogP contribution >= 0.6 is 0 Å². The van der Waals surface area contributed by atoms with Gasteiger partial charge in [0.05, 0.1) is 0 Å². The number of carbonyl (C=O) groups excluding carboxylic acids is 1. The van der Waals surface area contributed by atoms with Crippen molar-refractivity contribution < 1.29 is 4.79 Å². The predicted molar refractivity (Wildman–Crippen MR) is 82.8 cm³/mol. The van der Waals surface area contributed by atoms with E-state index in [4.69, 9.17) is 0 Å². The second-order valence-corrected chi connectivity index (χ2v) is 5.08. The smallest absolute Gasteiger partial charge is 0.321 e. The second kappa shape index (κ2) is 6.24. The zero-order valence-corrected chi connectivity index (χ0v) is 12.2. The van der Waals surface area contributed by atoms with Crippen molar-refractivity contribution in [2.75, 3.05) is 12.4 Å². The molecular formula is C17H20N2O. The Morgan fingerprint density at radius 2 is 1.85 bits per heavy atom.